The highest BCUT2D eigenvalue weighted by molar-refractivity contribution is 5.91. The molecule has 0 unspecified atom stereocenters. The third-order valence-corrected chi connectivity index (χ3v) is 4.69. The number of nitrogens with one attached hydrogen (secondary N) is 1. The van der Waals surface area contributed by atoms with Crippen LogP contribution in [0.15, 0.2) is 34.9 Å². The van der Waals surface area contributed by atoms with E-state index >= 15 is 0 Å². The van der Waals surface area contributed by atoms with E-state index < -0.39 is 0 Å². The van der Waals surface area contributed by atoms with Crippen molar-refractivity contribution in [1.82, 2.24) is 30.0 Å². The number of hydrogen-bond donors (Lipinski definition) is 1. The zero-order valence-corrected chi connectivity index (χ0v) is 15.5. The van der Waals surface area contributed by atoms with Gasteiger partial charge >= 0.3 is 0 Å². The molecule has 146 valence electrons. The number of para-hydroxylation sites is 1. The number of benzene rings is 1. The van der Waals surface area contributed by atoms with Gasteiger partial charge in [-0.2, -0.15) is 0 Å². The van der Waals surface area contributed by atoms with E-state index in [1.807, 2.05) is 29.2 Å². The van der Waals surface area contributed by atoms with Gasteiger partial charge in [0.15, 0.2) is 5.82 Å². The molecule has 1 saturated heterocycles. The maximum atomic E-state index is 12.6. The normalized spacial score (nSPS) is 15.1. The molecule has 10 heteroatoms. The molecule has 2 aromatic heterocycles. The van der Waals surface area contributed by atoms with E-state index in [0.717, 1.165) is 11.0 Å². The van der Waals surface area contributed by atoms with Gasteiger partial charge in [-0.25, -0.2) is 4.68 Å². The third-order valence-electron chi connectivity index (χ3n) is 4.69. The number of aromatic nitrogens is 4. The van der Waals surface area contributed by atoms with Crippen LogP contribution in [0, 0.1) is 6.92 Å². The highest BCUT2D eigenvalue weighted by Gasteiger charge is 2.23. The molecule has 0 atom stereocenters. The first-order valence-corrected chi connectivity index (χ1v) is 9.10. The minimum absolute atomic E-state index is 0.00201. The lowest BCUT2D eigenvalue weighted by Crippen LogP contribution is -2.51. The molecular weight excluding hydrogens is 362 g/mol. The number of carbonyl (C=O) groups is 2. The summed E-state index contributed by atoms with van der Waals surface area (Å²) < 4.78 is 6.55. The summed E-state index contributed by atoms with van der Waals surface area (Å²) in [5.74, 6) is 0.902. The molecular formula is C18H21N7O3. The molecule has 28 heavy (non-hydrogen) atoms. The molecule has 10 nitrogen and oxygen atoms in total. The Balaban J connectivity index is 1.26. The Labute approximate surface area is 161 Å². The minimum Gasteiger partial charge on any atom is -0.360 e. The van der Waals surface area contributed by atoms with Crippen molar-refractivity contribution in [1.29, 1.82) is 0 Å². The second-order valence-electron chi connectivity index (χ2n) is 6.76. The van der Waals surface area contributed by atoms with Crippen LogP contribution in [-0.2, 0) is 16.1 Å². The van der Waals surface area contributed by atoms with Gasteiger partial charge in [-0.05, 0) is 19.1 Å². The SMILES string of the molecule is Cc1cc(NC(=O)CN2CCN(C(=O)Cn3nnc4ccccc43)CC2)no1. The van der Waals surface area contributed by atoms with Gasteiger partial charge in [-0.1, -0.05) is 22.5 Å². The third kappa shape index (κ3) is 4.01. The molecule has 0 aliphatic carbocycles. The van der Waals surface area contributed by atoms with Crippen molar-refractivity contribution in [3.8, 4) is 0 Å². The fraction of sp³-hybridized carbons (Fsp3) is 0.389. The van der Waals surface area contributed by atoms with E-state index in [-0.39, 0.29) is 24.9 Å². The van der Waals surface area contributed by atoms with Gasteiger partial charge in [-0.3, -0.25) is 14.5 Å². The lowest BCUT2D eigenvalue weighted by molar-refractivity contribution is -0.133. The fourth-order valence-corrected chi connectivity index (χ4v) is 3.23. The number of nitrogens with zero attached hydrogens (tertiary/aromatic N) is 6. The van der Waals surface area contributed by atoms with Crippen LogP contribution in [-0.4, -0.2) is 74.5 Å². The van der Waals surface area contributed by atoms with E-state index in [1.54, 1.807) is 22.6 Å². The maximum absolute atomic E-state index is 12.6. The molecule has 3 aromatic rings. The summed E-state index contributed by atoms with van der Waals surface area (Å²) in [5.41, 5.74) is 1.61. The Morgan fingerprint density at radius 3 is 2.68 bits per heavy atom. The molecule has 0 bridgehead atoms. The van der Waals surface area contributed by atoms with Crippen LogP contribution in [0.1, 0.15) is 5.76 Å². The highest BCUT2D eigenvalue weighted by Crippen LogP contribution is 2.11. The van der Waals surface area contributed by atoms with Crippen molar-refractivity contribution in [2.24, 2.45) is 0 Å². The molecule has 0 radical (unpaired) electrons. The molecule has 1 N–H and O–H groups in total. The van der Waals surface area contributed by atoms with Crippen LogP contribution in [0.25, 0.3) is 11.0 Å². The second kappa shape index (κ2) is 7.77. The standard InChI is InChI=1S/C18H21N7O3/c1-13-10-16(21-28-13)19-17(26)11-23-6-8-24(9-7-23)18(27)12-25-15-5-3-2-4-14(15)20-22-25/h2-5,10H,6-9,11-12H2,1H3,(H,19,21,26). The Morgan fingerprint density at radius 1 is 1.14 bits per heavy atom. The van der Waals surface area contributed by atoms with Crippen LogP contribution < -0.4 is 5.32 Å². The van der Waals surface area contributed by atoms with E-state index in [9.17, 15) is 9.59 Å². The van der Waals surface area contributed by atoms with Crippen LogP contribution in [0.4, 0.5) is 5.82 Å². The van der Waals surface area contributed by atoms with E-state index in [4.69, 9.17) is 4.52 Å². The monoisotopic (exact) mass is 383 g/mol. The summed E-state index contributed by atoms with van der Waals surface area (Å²) in [5, 5.41) is 14.6. The van der Waals surface area contributed by atoms with Gasteiger partial charge in [0.25, 0.3) is 0 Å². The summed E-state index contributed by atoms with van der Waals surface area (Å²) in [6.07, 6.45) is 0. The molecule has 1 aromatic carbocycles. The summed E-state index contributed by atoms with van der Waals surface area (Å²) in [6, 6.07) is 9.23. The van der Waals surface area contributed by atoms with Crippen molar-refractivity contribution in [2.75, 3.05) is 38.0 Å². The lowest BCUT2D eigenvalue weighted by atomic mass is 10.3. The Morgan fingerprint density at radius 2 is 1.93 bits per heavy atom. The van der Waals surface area contributed by atoms with Crippen molar-refractivity contribution >= 4 is 28.7 Å². The predicted molar refractivity (Wildman–Crippen MR) is 100 cm³/mol. The van der Waals surface area contributed by atoms with Gasteiger partial charge < -0.3 is 14.7 Å². The zero-order chi connectivity index (χ0) is 19.5. The second-order valence-corrected chi connectivity index (χ2v) is 6.76. The van der Waals surface area contributed by atoms with Crippen LogP contribution in [0.2, 0.25) is 0 Å². The van der Waals surface area contributed by atoms with Crippen LogP contribution >= 0.6 is 0 Å². The molecule has 2 amide bonds. The number of aryl methyl sites for hydroxylation is 1. The summed E-state index contributed by atoms with van der Waals surface area (Å²) >= 11 is 0. The summed E-state index contributed by atoms with van der Waals surface area (Å²) in [4.78, 5) is 28.5. The average Bonchev–Trinajstić information content (AvgIpc) is 3.28. The van der Waals surface area contributed by atoms with Crippen molar-refractivity contribution in [3.63, 3.8) is 0 Å². The van der Waals surface area contributed by atoms with Crippen molar-refractivity contribution < 1.29 is 14.1 Å². The minimum atomic E-state index is -0.151. The highest BCUT2D eigenvalue weighted by atomic mass is 16.5. The average molecular weight is 383 g/mol. The van der Waals surface area contributed by atoms with Gasteiger partial charge in [0.2, 0.25) is 11.8 Å². The predicted octanol–water partition coefficient (Wildman–Crippen LogP) is 0.511. The number of rotatable bonds is 5. The Kier molecular flexibility index (Phi) is 5.02. The van der Waals surface area contributed by atoms with E-state index in [0.29, 0.717) is 37.8 Å². The smallest absolute Gasteiger partial charge is 0.244 e. The number of carbonyl (C=O) groups excluding carboxylic acids is 2. The van der Waals surface area contributed by atoms with Gasteiger partial charge in [0, 0.05) is 32.2 Å². The molecule has 0 saturated carbocycles. The number of anilines is 1. The summed E-state index contributed by atoms with van der Waals surface area (Å²) in [6.45, 7) is 4.59. The maximum Gasteiger partial charge on any atom is 0.244 e. The molecule has 3 heterocycles. The van der Waals surface area contributed by atoms with Crippen LogP contribution in [0.3, 0.4) is 0 Å². The quantitative estimate of drug-likeness (QED) is 0.684. The zero-order valence-electron chi connectivity index (χ0n) is 15.5. The lowest BCUT2D eigenvalue weighted by Gasteiger charge is -2.34. The van der Waals surface area contributed by atoms with Gasteiger partial charge in [0.1, 0.15) is 17.8 Å². The molecule has 1 aliphatic heterocycles. The first-order chi connectivity index (χ1) is 13.6. The fourth-order valence-electron chi connectivity index (χ4n) is 3.23. The van der Waals surface area contributed by atoms with Crippen LogP contribution in [0.5, 0.6) is 0 Å². The van der Waals surface area contributed by atoms with Crippen molar-refractivity contribution in [3.05, 3.63) is 36.1 Å². The number of piperazine rings is 1. The molecule has 4 rings (SSSR count). The Hall–Kier alpha value is -3.27. The molecule has 0 spiro atoms. The topological polar surface area (TPSA) is 109 Å². The molecule has 1 fully saturated rings. The number of fused-ring (bicyclic) bond motifs is 1. The summed E-state index contributed by atoms with van der Waals surface area (Å²) in [7, 11) is 0. The molecule has 1 aliphatic rings. The largest absolute Gasteiger partial charge is 0.360 e. The number of amides is 2. The van der Waals surface area contributed by atoms with E-state index in [1.165, 1.54) is 0 Å². The first kappa shape index (κ1) is 18.1. The van der Waals surface area contributed by atoms with Gasteiger partial charge in [-0.15, -0.1) is 5.10 Å². The van der Waals surface area contributed by atoms with Gasteiger partial charge in [0.05, 0.1) is 12.1 Å². The number of hydrogen-bond acceptors (Lipinski definition) is 7. The Bertz CT molecular complexity index is 988. The van der Waals surface area contributed by atoms with E-state index in [2.05, 4.69) is 20.8 Å². The first-order valence-electron chi connectivity index (χ1n) is 9.10. The van der Waals surface area contributed by atoms with Crippen molar-refractivity contribution in [2.45, 2.75) is 13.5 Å².